The molecule has 0 saturated heterocycles. The SMILES string of the molecule is O=[C]([Ni][C](=O)C(S)S)C(S)S. The third kappa shape index (κ3) is 5.47. The molecule has 0 aliphatic heterocycles. The first-order chi connectivity index (χ1) is 4.95. The Hall–Kier alpha value is 1.23. The van der Waals surface area contributed by atoms with Crippen LogP contribution < -0.4 is 0 Å². The van der Waals surface area contributed by atoms with Gasteiger partial charge in [-0.1, -0.05) is 0 Å². The molecule has 0 aliphatic carbocycles. The molecule has 0 aromatic rings. The van der Waals surface area contributed by atoms with Crippen molar-refractivity contribution in [1.82, 2.24) is 0 Å². The van der Waals surface area contributed by atoms with Crippen molar-refractivity contribution >= 4 is 60.0 Å². The summed E-state index contributed by atoms with van der Waals surface area (Å²) >= 11 is 15.3. The van der Waals surface area contributed by atoms with E-state index in [4.69, 9.17) is 0 Å². The summed E-state index contributed by atoms with van der Waals surface area (Å²) in [5.74, 6) is 0. The van der Waals surface area contributed by atoms with Gasteiger partial charge in [0.15, 0.2) is 0 Å². The second-order valence-electron chi connectivity index (χ2n) is 1.37. The summed E-state index contributed by atoms with van der Waals surface area (Å²) in [6.45, 7) is 0. The van der Waals surface area contributed by atoms with Gasteiger partial charge in [-0.05, 0) is 0 Å². The van der Waals surface area contributed by atoms with Crippen LogP contribution in [-0.4, -0.2) is 18.7 Å². The number of hydrogen-bond acceptors (Lipinski definition) is 6. The van der Waals surface area contributed by atoms with Crippen molar-refractivity contribution in [3.05, 3.63) is 0 Å². The van der Waals surface area contributed by atoms with Crippen LogP contribution in [0.3, 0.4) is 0 Å². The van der Waals surface area contributed by atoms with E-state index in [1.54, 1.807) is 0 Å². The Morgan fingerprint density at radius 3 is 1.36 bits per heavy atom. The van der Waals surface area contributed by atoms with Crippen molar-refractivity contribution in [3.63, 3.8) is 0 Å². The van der Waals surface area contributed by atoms with Crippen LogP contribution in [0.25, 0.3) is 0 Å². The molecule has 7 heteroatoms. The van der Waals surface area contributed by atoms with Crippen LogP contribution in [-0.2, 0) is 24.0 Å². The standard InChI is InChI=1S/2C2H3OS2.Ni/c2*3-1-2(4)5;/h2*2,4-5H;. The van der Waals surface area contributed by atoms with Crippen LogP contribution in [0.1, 0.15) is 0 Å². The fourth-order valence-corrected chi connectivity index (χ4v) is 1.33. The molecule has 0 atom stereocenters. The molecule has 0 aliphatic rings. The molecule has 2 nitrogen and oxygen atoms in total. The molecular formula is C4H6NiO2S4. The molecule has 0 spiro atoms. The molecule has 0 amide bonds. The van der Waals surface area contributed by atoms with E-state index in [2.05, 4.69) is 50.5 Å². The number of thiol groups is 4. The molecule has 0 aromatic carbocycles. The second-order valence-corrected chi connectivity index (χ2v) is 5.47. The zero-order valence-corrected chi connectivity index (χ0v) is 9.64. The predicted octanol–water partition coefficient (Wildman–Crippen LogP) is 0.493. The molecule has 0 rings (SSSR count). The average molecular weight is 273 g/mol. The quantitative estimate of drug-likeness (QED) is 0.342. The zero-order chi connectivity index (χ0) is 9.02. The molecule has 0 heterocycles. The molecule has 0 bridgehead atoms. The summed E-state index contributed by atoms with van der Waals surface area (Å²) in [6.07, 6.45) is 0. The summed E-state index contributed by atoms with van der Waals surface area (Å²) < 4.78 is -2.22. The van der Waals surface area contributed by atoms with Crippen LogP contribution >= 0.6 is 50.5 Å². The van der Waals surface area contributed by atoms with Gasteiger partial charge < -0.3 is 0 Å². The van der Waals surface area contributed by atoms with Gasteiger partial charge in [0.2, 0.25) is 0 Å². The van der Waals surface area contributed by atoms with Crippen molar-refractivity contribution in [2.45, 2.75) is 9.16 Å². The van der Waals surface area contributed by atoms with E-state index < -0.39 is 9.16 Å². The van der Waals surface area contributed by atoms with Gasteiger partial charge in [0, 0.05) is 0 Å². The summed E-state index contributed by atoms with van der Waals surface area (Å²) in [7, 11) is 0. The second kappa shape index (κ2) is 5.81. The van der Waals surface area contributed by atoms with E-state index in [9.17, 15) is 9.59 Å². The van der Waals surface area contributed by atoms with E-state index >= 15 is 0 Å². The molecule has 0 aromatic heterocycles. The molecule has 0 saturated carbocycles. The van der Waals surface area contributed by atoms with Crippen molar-refractivity contribution in [3.8, 4) is 0 Å². The number of carbonyl (C=O) groups excluding carboxylic acids is 2. The van der Waals surface area contributed by atoms with Crippen LogP contribution in [0.2, 0.25) is 0 Å². The zero-order valence-electron chi connectivity index (χ0n) is 5.08. The van der Waals surface area contributed by atoms with Gasteiger partial charge in [0.25, 0.3) is 0 Å². The summed E-state index contributed by atoms with van der Waals surface area (Å²) in [4.78, 5) is 21.6. The first-order valence-corrected chi connectivity index (χ1v) is 5.39. The molecule has 0 N–H and O–H groups in total. The van der Waals surface area contributed by atoms with Gasteiger partial charge in [0.05, 0.1) is 0 Å². The minimum absolute atomic E-state index is 0.350. The molecule has 0 radical (unpaired) electrons. The number of hydrogen-bond donors (Lipinski definition) is 4. The van der Waals surface area contributed by atoms with Gasteiger partial charge in [-0.2, -0.15) is 0 Å². The van der Waals surface area contributed by atoms with Crippen molar-refractivity contribution < 1.29 is 24.0 Å². The van der Waals surface area contributed by atoms with Crippen molar-refractivity contribution in [1.29, 1.82) is 0 Å². The van der Waals surface area contributed by atoms with E-state index in [-0.39, 0.29) is 9.51 Å². The van der Waals surface area contributed by atoms with E-state index in [1.807, 2.05) is 0 Å². The van der Waals surface area contributed by atoms with Gasteiger partial charge in [0.1, 0.15) is 0 Å². The molecule has 0 unspecified atom stereocenters. The van der Waals surface area contributed by atoms with Crippen LogP contribution in [0.5, 0.6) is 0 Å². The molecule has 11 heavy (non-hydrogen) atoms. The van der Waals surface area contributed by atoms with Crippen LogP contribution in [0, 0.1) is 0 Å². The fourth-order valence-electron chi connectivity index (χ4n) is 0.158. The summed E-state index contributed by atoms with van der Waals surface area (Å²) in [6, 6.07) is 0. The van der Waals surface area contributed by atoms with Crippen molar-refractivity contribution in [2.75, 3.05) is 0 Å². The first kappa shape index (κ1) is 12.2. The Bertz CT molecular complexity index is 151. The van der Waals surface area contributed by atoms with Crippen molar-refractivity contribution in [2.24, 2.45) is 0 Å². The number of rotatable bonds is 4. The van der Waals surface area contributed by atoms with Gasteiger partial charge >= 0.3 is 93.2 Å². The maximum atomic E-state index is 10.8. The van der Waals surface area contributed by atoms with E-state index in [0.29, 0.717) is 14.4 Å². The Kier molecular flexibility index (Phi) is 6.46. The van der Waals surface area contributed by atoms with Crippen LogP contribution in [0.15, 0.2) is 0 Å². The monoisotopic (exact) mass is 272 g/mol. The summed E-state index contributed by atoms with van der Waals surface area (Å²) in [5.41, 5.74) is 0. The normalized spacial score (nSPS) is 11.1. The minimum atomic E-state index is -0.723. The van der Waals surface area contributed by atoms with Crippen LogP contribution in [0.4, 0.5) is 0 Å². The third-order valence-electron chi connectivity index (χ3n) is 0.530. The molecule has 0 fully saturated rings. The van der Waals surface area contributed by atoms with Gasteiger partial charge in [-0.25, -0.2) is 0 Å². The van der Waals surface area contributed by atoms with E-state index in [1.165, 1.54) is 0 Å². The average Bonchev–Trinajstić information content (AvgIpc) is 1.87. The van der Waals surface area contributed by atoms with Gasteiger partial charge in [-0.3, -0.25) is 0 Å². The number of carbonyl (C=O) groups is 2. The molecule has 68 valence electrons. The maximum absolute atomic E-state index is 10.8. The fraction of sp³-hybridized carbons (Fsp3) is 0.500. The Morgan fingerprint density at radius 1 is 0.909 bits per heavy atom. The Balaban J connectivity index is 3.86. The topological polar surface area (TPSA) is 34.1 Å². The molecular weight excluding hydrogens is 267 g/mol. The predicted molar refractivity (Wildman–Crippen MR) is 53.5 cm³/mol. The Morgan fingerprint density at radius 2 is 1.18 bits per heavy atom. The van der Waals surface area contributed by atoms with Gasteiger partial charge in [-0.15, -0.1) is 0 Å². The summed E-state index contributed by atoms with van der Waals surface area (Å²) in [5, 5.41) is 0. The van der Waals surface area contributed by atoms with E-state index in [0.717, 1.165) is 0 Å². The first-order valence-electron chi connectivity index (χ1n) is 2.33. The third-order valence-corrected chi connectivity index (χ3v) is 3.29. The Labute approximate surface area is 92.7 Å².